The van der Waals surface area contributed by atoms with Crippen LogP contribution < -0.4 is 0 Å². The van der Waals surface area contributed by atoms with Crippen LogP contribution in [0, 0.1) is 0 Å². The topological polar surface area (TPSA) is 26.8 Å². The number of amides is 1. The van der Waals surface area contributed by atoms with Crippen molar-refractivity contribution >= 4 is 17.5 Å². The molecule has 1 heterocycles. The second-order valence-corrected chi connectivity index (χ2v) is 6.78. The molecule has 8 heteroatoms. The summed E-state index contributed by atoms with van der Waals surface area (Å²) in [5, 5.41) is 0.724. The van der Waals surface area contributed by atoms with Gasteiger partial charge in [-0.15, -0.1) is 0 Å². The Morgan fingerprint density at radius 1 is 1.24 bits per heavy atom. The number of hydrogen-bond acceptors (Lipinski definition) is 3. The van der Waals surface area contributed by atoms with Gasteiger partial charge in [-0.05, 0) is 18.6 Å². The largest absolute Gasteiger partial charge is 0.406 e. The quantitative estimate of drug-likeness (QED) is 0.789. The van der Waals surface area contributed by atoms with Crippen LogP contribution in [0.25, 0.3) is 0 Å². The number of hydrogen-bond donors (Lipinski definition) is 0. The number of halogens is 4. The predicted molar refractivity (Wildman–Crippen MR) is 91.6 cm³/mol. The highest BCUT2D eigenvalue weighted by molar-refractivity contribution is 6.31. The SMILES string of the molecule is CC(c1ccccc1Cl)N1CCN(CC(=O)N(C)CC(F)(F)F)CC1. The smallest absolute Gasteiger partial charge is 0.336 e. The summed E-state index contributed by atoms with van der Waals surface area (Å²) in [4.78, 5) is 16.8. The maximum atomic E-state index is 12.4. The molecule has 0 aromatic heterocycles. The molecule has 0 spiro atoms. The third kappa shape index (κ3) is 5.87. The first-order valence-corrected chi connectivity index (χ1v) is 8.56. The molecule has 0 radical (unpaired) electrons. The van der Waals surface area contributed by atoms with E-state index in [2.05, 4.69) is 11.8 Å². The van der Waals surface area contributed by atoms with Crippen LogP contribution in [-0.4, -0.2) is 73.1 Å². The summed E-state index contributed by atoms with van der Waals surface area (Å²) in [6.07, 6.45) is -4.37. The second kappa shape index (κ2) is 8.38. The van der Waals surface area contributed by atoms with Gasteiger partial charge in [0.15, 0.2) is 0 Å². The van der Waals surface area contributed by atoms with Gasteiger partial charge >= 0.3 is 6.18 Å². The monoisotopic (exact) mass is 377 g/mol. The molecule has 140 valence electrons. The summed E-state index contributed by atoms with van der Waals surface area (Å²) in [5.74, 6) is -0.509. The van der Waals surface area contributed by atoms with E-state index in [-0.39, 0.29) is 12.6 Å². The molecule has 0 N–H and O–H groups in total. The van der Waals surface area contributed by atoms with Gasteiger partial charge in [-0.1, -0.05) is 29.8 Å². The van der Waals surface area contributed by atoms with Crippen LogP contribution in [0.1, 0.15) is 18.5 Å². The third-order valence-electron chi connectivity index (χ3n) is 4.51. The first-order valence-electron chi connectivity index (χ1n) is 8.19. The zero-order chi connectivity index (χ0) is 18.6. The molecule has 1 atom stereocenters. The van der Waals surface area contributed by atoms with Gasteiger partial charge in [0.05, 0.1) is 6.54 Å². The van der Waals surface area contributed by atoms with Gasteiger partial charge in [0.2, 0.25) is 5.91 Å². The van der Waals surface area contributed by atoms with Gasteiger partial charge in [0, 0.05) is 44.3 Å². The molecule has 25 heavy (non-hydrogen) atoms. The van der Waals surface area contributed by atoms with E-state index < -0.39 is 18.6 Å². The number of rotatable bonds is 5. The van der Waals surface area contributed by atoms with Crippen molar-refractivity contribution in [1.29, 1.82) is 0 Å². The molecule has 1 amide bonds. The molecule has 1 unspecified atom stereocenters. The number of likely N-dealkylation sites (N-methyl/N-ethyl adjacent to an activating group) is 1. The number of benzene rings is 1. The van der Waals surface area contributed by atoms with E-state index >= 15 is 0 Å². The fourth-order valence-electron chi connectivity index (χ4n) is 2.99. The Balaban J connectivity index is 1.83. The first kappa shape index (κ1) is 20.0. The van der Waals surface area contributed by atoms with E-state index in [4.69, 9.17) is 11.6 Å². The summed E-state index contributed by atoms with van der Waals surface area (Å²) >= 11 is 6.24. The van der Waals surface area contributed by atoms with Crippen molar-refractivity contribution < 1.29 is 18.0 Å². The van der Waals surface area contributed by atoms with Gasteiger partial charge in [0.25, 0.3) is 0 Å². The van der Waals surface area contributed by atoms with Crippen LogP contribution in [0.2, 0.25) is 5.02 Å². The number of carbonyl (C=O) groups excluding carboxylic acids is 1. The number of nitrogens with zero attached hydrogens (tertiary/aromatic N) is 3. The van der Waals surface area contributed by atoms with Crippen molar-refractivity contribution in [2.24, 2.45) is 0 Å². The van der Waals surface area contributed by atoms with Crippen LogP contribution in [0.3, 0.4) is 0 Å². The van der Waals surface area contributed by atoms with E-state index in [0.29, 0.717) is 13.1 Å². The van der Waals surface area contributed by atoms with E-state index in [1.54, 1.807) is 0 Å². The molecule has 1 fully saturated rings. The average Bonchev–Trinajstić information content (AvgIpc) is 2.54. The molecular weight excluding hydrogens is 355 g/mol. The van der Waals surface area contributed by atoms with Crippen molar-refractivity contribution in [3.05, 3.63) is 34.9 Å². The Kier molecular flexibility index (Phi) is 6.71. The molecule has 1 saturated heterocycles. The van der Waals surface area contributed by atoms with Gasteiger partial charge in [-0.3, -0.25) is 14.6 Å². The highest BCUT2D eigenvalue weighted by atomic mass is 35.5. The fraction of sp³-hybridized carbons (Fsp3) is 0.588. The Bertz CT molecular complexity index is 589. The molecule has 1 aliphatic heterocycles. The highest BCUT2D eigenvalue weighted by Gasteiger charge is 2.32. The molecule has 0 bridgehead atoms. The van der Waals surface area contributed by atoms with E-state index in [1.165, 1.54) is 7.05 Å². The minimum Gasteiger partial charge on any atom is -0.336 e. The van der Waals surface area contributed by atoms with Crippen LogP contribution in [0.15, 0.2) is 24.3 Å². The maximum absolute atomic E-state index is 12.4. The lowest BCUT2D eigenvalue weighted by Gasteiger charge is -2.38. The second-order valence-electron chi connectivity index (χ2n) is 6.37. The molecule has 1 aromatic carbocycles. The summed E-state index contributed by atoms with van der Waals surface area (Å²) in [7, 11) is 1.19. The van der Waals surface area contributed by atoms with Crippen molar-refractivity contribution in [3.8, 4) is 0 Å². The van der Waals surface area contributed by atoms with Crippen molar-refractivity contribution in [2.45, 2.75) is 19.1 Å². The zero-order valence-electron chi connectivity index (χ0n) is 14.4. The number of alkyl halides is 3. The van der Waals surface area contributed by atoms with Crippen LogP contribution in [-0.2, 0) is 4.79 Å². The van der Waals surface area contributed by atoms with Gasteiger partial charge in [-0.2, -0.15) is 13.2 Å². The minimum atomic E-state index is -4.37. The molecular formula is C17H23ClF3N3O. The lowest BCUT2D eigenvalue weighted by atomic mass is 10.1. The summed E-state index contributed by atoms with van der Waals surface area (Å²) < 4.78 is 37.1. The van der Waals surface area contributed by atoms with Crippen LogP contribution >= 0.6 is 11.6 Å². The standard InChI is InChI=1S/C17H23ClF3N3O/c1-13(14-5-3-4-6-15(14)18)24-9-7-23(8-10-24)11-16(25)22(2)12-17(19,20)21/h3-6,13H,7-12H2,1-2H3. The van der Waals surface area contributed by atoms with Crippen molar-refractivity contribution in [2.75, 3.05) is 46.3 Å². The molecule has 0 aliphatic carbocycles. The Hall–Kier alpha value is -1.31. The van der Waals surface area contributed by atoms with Gasteiger partial charge in [-0.25, -0.2) is 0 Å². The van der Waals surface area contributed by atoms with E-state index in [9.17, 15) is 18.0 Å². The Labute approximate surface area is 151 Å². The van der Waals surface area contributed by atoms with Gasteiger partial charge in [0.1, 0.15) is 6.54 Å². The zero-order valence-corrected chi connectivity index (χ0v) is 15.1. The lowest BCUT2D eigenvalue weighted by Crippen LogP contribution is -2.50. The highest BCUT2D eigenvalue weighted by Crippen LogP contribution is 2.27. The van der Waals surface area contributed by atoms with Crippen molar-refractivity contribution in [3.63, 3.8) is 0 Å². The minimum absolute atomic E-state index is 0.0148. The van der Waals surface area contributed by atoms with E-state index in [0.717, 1.165) is 28.6 Å². The Morgan fingerprint density at radius 2 is 1.84 bits per heavy atom. The lowest BCUT2D eigenvalue weighted by molar-refractivity contribution is -0.159. The molecule has 4 nitrogen and oxygen atoms in total. The molecule has 1 aliphatic rings. The summed E-state index contributed by atoms with van der Waals surface area (Å²) in [5.41, 5.74) is 1.05. The molecule has 1 aromatic rings. The van der Waals surface area contributed by atoms with Gasteiger partial charge < -0.3 is 4.90 Å². The maximum Gasteiger partial charge on any atom is 0.406 e. The fourth-order valence-corrected chi connectivity index (χ4v) is 3.28. The molecule has 0 saturated carbocycles. The Morgan fingerprint density at radius 3 is 2.40 bits per heavy atom. The number of piperazine rings is 1. The number of carbonyl (C=O) groups is 1. The third-order valence-corrected chi connectivity index (χ3v) is 4.86. The van der Waals surface area contributed by atoms with E-state index in [1.807, 2.05) is 29.2 Å². The van der Waals surface area contributed by atoms with Crippen LogP contribution in [0.4, 0.5) is 13.2 Å². The first-order chi connectivity index (χ1) is 11.7. The summed E-state index contributed by atoms with van der Waals surface area (Å²) in [6.45, 7) is 3.64. The normalized spacial score (nSPS) is 18.2. The average molecular weight is 378 g/mol. The molecule has 2 rings (SSSR count). The summed E-state index contributed by atoms with van der Waals surface area (Å²) in [6, 6.07) is 7.84. The van der Waals surface area contributed by atoms with Crippen molar-refractivity contribution in [1.82, 2.24) is 14.7 Å². The van der Waals surface area contributed by atoms with Crippen LogP contribution in [0.5, 0.6) is 0 Å². The predicted octanol–water partition coefficient (Wildman–Crippen LogP) is 3.04.